The smallest absolute Gasteiger partial charge is 0.408 e. The van der Waals surface area contributed by atoms with E-state index in [0.717, 1.165) is 17.0 Å². The van der Waals surface area contributed by atoms with Crippen molar-refractivity contribution in [1.29, 1.82) is 0 Å². The van der Waals surface area contributed by atoms with Gasteiger partial charge in [-0.1, -0.05) is 118 Å². The predicted molar refractivity (Wildman–Crippen MR) is 421 cm³/mol. The molecule has 8 amide bonds. The number of ketones is 5. The SMILES string of the molecule is CC[C@H](C)[C@@H]([C@@H](CC(=O)N1CCC[C@H]1[C@H](OC)[C@@H](C)C(=O)C[C@@H](Cc1ccccc1)c1nccs1)OC)N(C)C(=O)[C@@H](CC(=O)C(C)(C)NC(=O)OCc1ccc(NC(=O)[C@H](CCCNC(N)=O)CC(=O)[C@@H](NC(=O)[C@H](COCCNC(=O)CC[C@@H](NC(C)(C)C)C(=O)C(C)(C)C)CC(C)=O)C(C)C)cc1)C(C)C. The predicted octanol–water partition coefficient (Wildman–Crippen LogP) is 10.3. The molecule has 1 aliphatic rings. The number of alkyl carbamates (subject to hydrolysis) is 1. The number of ether oxygens (including phenoxy) is 4. The van der Waals surface area contributed by atoms with Crippen molar-refractivity contribution in [2.24, 2.45) is 52.6 Å². The van der Waals surface area contributed by atoms with Crippen molar-refractivity contribution >= 4 is 87.6 Å². The maximum absolute atomic E-state index is 14.9. The van der Waals surface area contributed by atoms with Crippen LogP contribution < -0.4 is 37.6 Å². The van der Waals surface area contributed by atoms with E-state index in [9.17, 15) is 57.5 Å². The molecule has 2 aromatic carbocycles. The van der Waals surface area contributed by atoms with Crippen LogP contribution in [0.2, 0.25) is 0 Å². The number of carbonyl (C=O) groups excluding carboxylic acids is 12. The van der Waals surface area contributed by atoms with Crippen molar-refractivity contribution in [3.05, 3.63) is 82.3 Å². The highest BCUT2D eigenvalue weighted by molar-refractivity contribution is 7.09. The number of anilines is 1. The van der Waals surface area contributed by atoms with E-state index < -0.39 is 106 Å². The molecule has 12 atom stereocenters. The molecule has 27 heteroatoms. The number of urea groups is 1. The van der Waals surface area contributed by atoms with Crippen LogP contribution in [0.5, 0.6) is 0 Å². The Morgan fingerprint density at radius 2 is 1.42 bits per heavy atom. The van der Waals surface area contributed by atoms with Crippen molar-refractivity contribution in [2.75, 3.05) is 59.4 Å². The molecule has 109 heavy (non-hydrogen) atoms. The summed E-state index contributed by atoms with van der Waals surface area (Å²) in [5, 5.41) is 19.7. The number of nitrogens with one attached hydrogen (secondary N) is 6. The Morgan fingerprint density at radius 3 is 1.99 bits per heavy atom. The molecule has 3 aromatic rings. The molecule has 0 saturated carbocycles. The quantitative estimate of drug-likeness (QED) is 0.0258. The molecular formula is C82H128N10O16S. The third-order valence-electron chi connectivity index (χ3n) is 20.4. The molecule has 1 saturated heterocycles. The van der Waals surface area contributed by atoms with Crippen LogP contribution >= 0.6 is 11.3 Å². The van der Waals surface area contributed by atoms with Gasteiger partial charge >= 0.3 is 12.1 Å². The Labute approximate surface area is 650 Å². The molecule has 0 spiro atoms. The first-order valence-electron chi connectivity index (χ1n) is 38.6. The summed E-state index contributed by atoms with van der Waals surface area (Å²) in [6.07, 6.45) is 2.47. The van der Waals surface area contributed by atoms with Crippen LogP contribution in [0.15, 0.2) is 66.2 Å². The Bertz CT molecular complexity index is 3450. The number of hydrogen-bond acceptors (Lipinski definition) is 19. The standard InChI is InChI=1S/C82H128N10O16S/c1-20-52(6)71(66(105-18)47-69(98)92-39-25-29-63(92)72(106-19)54(8)64(94)45-58(76-85-38-41-109-76)43-55-26-22-21-23-27-55)91(17)77(102)61(50(2)3)46-67(96)82(15,16)90-79(104)108-48-56-30-32-60(33-31-56)87-74(100)57(28-24-36-86-78(83)103)44-65(95)70(51(4)5)88-75(101)59(42-53(7)93)49-107-40-37-84-68(97)35-34-62(89-81(12,13)14)73(99)80(9,10)11/h21-23,26-27,30-33,38,41,50-52,54,57-59,61-63,66,70-72,89H,20,24-25,28-29,34-37,39-40,42-49H2,1-19H3,(H,84,97)(H,87,100)(H,88,101)(H,90,104)(H3,83,86,103)/t52-,54-,57+,58+,59-,61-,62+,63-,66+,70-,71-,72+/m0/s1. The van der Waals surface area contributed by atoms with Crippen molar-refractivity contribution in [3.63, 3.8) is 0 Å². The highest BCUT2D eigenvalue weighted by atomic mass is 32.1. The van der Waals surface area contributed by atoms with Gasteiger partial charge in [-0.05, 0) is 121 Å². The Hall–Kier alpha value is -7.85. The zero-order chi connectivity index (χ0) is 81.7. The fraction of sp³-hybridized carbons (Fsp3) is 0.671. The molecule has 26 nitrogen and oxygen atoms in total. The van der Waals surface area contributed by atoms with Crippen LogP contribution in [0.3, 0.4) is 0 Å². The van der Waals surface area contributed by atoms with Crippen LogP contribution in [0, 0.1) is 46.8 Å². The van der Waals surface area contributed by atoms with E-state index in [1.54, 1.807) is 63.4 Å². The van der Waals surface area contributed by atoms with Gasteiger partial charge in [0.25, 0.3) is 0 Å². The van der Waals surface area contributed by atoms with Gasteiger partial charge in [0.15, 0.2) is 17.3 Å². The summed E-state index contributed by atoms with van der Waals surface area (Å²) in [5.74, 6) is -7.40. The Balaban J connectivity index is 1.35. The molecule has 8 N–H and O–H groups in total. The van der Waals surface area contributed by atoms with E-state index in [0.29, 0.717) is 43.5 Å². The number of hydrogen-bond donors (Lipinski definition) is 7. The Kier molecular flexibility index (Phi) is 38.5. The van der Waals surface area contributed by atoms with Crippen LogP contribution in [0.25, 0.3) is 0 Å². The lowest BCUT2D eigenvalue weighted by atomic mass is 9.83. The van der Waals surface area contributed by atoms with Gasteiger partial charge < -0.3 is 71.2 Å². The average molecular weight is 1540 g/mol. The zero-order valence-corrected chi connectivity index (χ0v) is 69.0. The molecule has 1 fully saturated rings. The zero-order valence-electron chi connectivity index (χ0n) is 68.2. The maximum atomic E-state index is 14.9. The lowest BCUT2D eigenvalue weighted by Gasteiger charge is -2.41. The second kappa shape index (κ2) is 44.9. The van der Waals surface area contributed by atoms with Crippen LogP contribution in [0.4, 0.5) is 15.3 Å². The number of nitrogens with zero attached hydrogens (tertiary/aromatic N) is 3. The number of Topliss-reactive ketones (excluding diaryl/α,β-unsaturated/α-hetero) is 5. The van der Waals surface area contributed by atoms with Crippen molar-refractivity contribution in [1.82, 2.24) is 41.4 Å². The number of rotatable bonds is 48. The number of amides is 8. The Morgan fingerprint density at radius 1 is 0.752 bits per heavy atom. The summed E-state index contributed by atoms with van der Waals surface area (Å²) < 4.78 is 23.6. The van der Waals surface area contributed by atoms with E-state index in [1.165, 1.54) is 39.2 Å². The minimum atomic E-state index is -1.49. The van der Waals surface area contributed by atoms with Crippen molar-refractivity contribution < 1.29 is 76.5 Å². The average Bonchev–Trinajstić information content (AvgIpc) is 1.78. The summed E-state index contributed by atoms with van der Waals surface area (Å²) in [4.78, 5) is 172. The summed E-state index contributed by atoms with van der Waals surface area (Å²) in [6.45, 7) is 29.1. The van der Waals surface area contributed by atoms with Gasteiger partial charge in [0.1, 0.15) is 18.2 Å². The second-order valence-corrected chi connectivity index (χ2v) is 33.6. The van der Waals surface area contributed by atoms with E-state index in [1.807, 2.05) is 117 Å². The largest absolute Gasteiger partial charge is 0.445 e. The highest BCUT2D eigenvalue weighted by Crippen LogP contribution is 2.35. The fourth-order valence-corrected chi connectivity index (χ4v) is 14.7. The van der Waals surface area contributed by atoms with E-state index >= 15 is 0 Å². The summed E-state index contributed by atoms with van der Waals surface area (Å²) in [7, 11) is 4.79. The van der Waals surface area contributed by atoms with Crippen LogP contribution in [0.1, 0.15) is 210 Å². The second-order valence-electron chi connectivity index (χ2n) is 32.7. The molecule has 0 bridgehead atoms. The van der Waals surface area contributed by atoms with Crippen LogP contribution in [-0.2, 0) is 79.9 Å². The minimum Gasteiger partial charge on any atom is -0.445 e. The van der Waals surface area contributed by atoms with E-state index in [4.69, 9.17) is 24.7 Å². The monoisotopic (exact) mass is 1540 g/mol. The first-order chi connectivity index (χ1) is 51.1. The van der Waals surface area contributed by atoms with Gasteiger partial charge in [-0.3, -0.25) is 43.2 Å². The van der Waals surface area contributed by atoms with Gasteiger partial charge in [0, 0.05) is 125 Å². The lowest BCUT2D eigenvalue weighted by Crippen LogP contribution is -2.55. The highest BCUT2D eigenvalue weighted by Gasteiger charge is 2.45. The number of likely N-dealkylation sites (N-methyl/N-ethyl adjacent to an activating group) is 1. The number of aromatic nitrogens is 1. The van der Waals surface area contributed by atoms with Crippen molar-refractivity contribution in [3.8, 4) is 0 Å². The number of carbonyl (C=O) groups is 12. The summed E-state index contributed by atoms with van der Waals surface area (Å²) in [5.41, 5.74) is 4.81. The van der Waals surface area contributed by atoms with Gasteiger partial charge in [0.05, 0.1) is 72.5 Å². The number of likely N-dealkylation sites (tertiary alicyclic amines) is 1. The number of nitrogens with two attached hydrogens (primary N) is 1. The fourth-order valence-electron chi connectivity index (χ4n) is 14.0. The number of thiazole rings is 1. The lowest BCUT2D eigenvalue weighted by molar-refractivity contribution is -0.149. The maximum Gasteiger partial charge on any atom is 0.408 e. The summed E-state index contributed by atoms with van der Waals surface area (Å²) >= 11 is 1.53. The van der Waals surface area contributed by atoms with Crippen molar-refractivity contribution in [2.45, 2.75) is 254 Å². The first kappa shape index (κ1) is 93.5. The normalized spacial score (nSPS) is 16.4. The molecule has 1 aromatic heterocycles. The topological polar surface area (TPSA) is 359 Å². The molecule has 1 aliphatic heterocycles. The molecule has 4 rings (SSSR count). The molecular weight excluding hydrogens is 1410 g/mol. The number of primary amides is 1. The van der Waals surface area contributed by atoms with Crippen LogP contribution in [-0.4, -0.2) is 187 Å². The third kappa shape index (κ3) is 31.1. The van der Waals surface area contributed by atoms with Gasteiger partial charge in [-0.25, -0.2) is 14.6 Å². The number of methoxy groups -OCH3 is 2. The first-order valence-corrected chi connectivity index (χ1v) is 39.5. The van der Waals surface area contributed by atoms with Gasteiger partial charge in [-0.2, -0.15) is 0 Å². The van der Waals surface area contributed by atoms with E-state index in [2.05, 4.69) is 36.9 Å². The third-order valence-corrected chi connectivity index (χ3v) is 21.4. The molecule has 0 unspecified atom stereocenters. The minimum absolute atomic E-state index is 0.00139. The van der Waals surface area contributed by atoms with Gasteiger partial charge in [0.2, 0.25) is 29.5 Å². The number of benzene rings is 2. The van der Waals surface area contributed by atoms with Gasteiger partial charge in [-0.15, -0.1) is 11.3 Å². The summed E-state index contributed by atoms with van der Waals surface area (Å²) in [6, 6.07) is 13.1. The van der Waals surface area contributed by atoms with E-state index in [-0.39, 0.29) is 149 Å². The molecule has 0 radical (unpaired) electrons. The molecule has 608 valence electrons. The molecule has 2 heterocycles. The molecule has 0 aliphatic carbocycles.